The van der Waals surface area contributed by atoms with Crippen molar-refractivity contribution >= 4 is 17.6 Å². The molecule has 0 unspecified atom stereocenters. The number of carboxylic acids is 1. The Morgan fingerprint density at radius 1 is 1.56 bits per heavy atom. The first-order valence-corrected chi connectivity index (χ1v) is 4.94. The van der Waals surface area contributed by atoms with Crippen molar-refractivity contribution in [3.05, 3.63) is 17.5 Å². The molecular weight excluding hydrogens is 279 g/mol. The second-order valence-corrected chi connectivity index (χ2v) is 3.24. The fourth-order valence-corrected chi connectivity index (χ4v) is 1.45. The van der Waals surface area contributed by atoms with E-state index in [2.05, 4.69) is 9.72 Å². The zero-order valence-electron chi connectivity index (χ0n) is 8.92. The number of carboxylic acid groups (broad SMARTS) is 1. The van der Waals surface area contributed by atoms with Crippen LogP contribution in [-0.4, -0.2) is 29.5 Å². The van der Waals surface area contributed by atoms with Crippen molar-refractivity contribution in [2.24, 2.45) is 0 Å². The minimum atomic E-state index is -5.06. The first-order chi connectivity index (χ1) is 8.30. The van der Waals surface area contributed by atoms with E-state index in [1.54, 1.807) is 0 Å². The summed E-state index contributed by atoms with van der Waals surface area (Å²) in [4.78, 5) is 14.1. The summed E-state index contributed by atoms with van der Waals surface area (Å²) in [6.07, 6.45) is -4.09. The summed E-state index contributed by atoms with van der Waals surface area (Å²) in [5, 5.41) is 8.75. The van der Waals surface area contributed by atoms with Crippen molar-refractivity contribution in [3.63, 3.8) is 0 Å². The predicted octanol–water partition coefficient (Wildman–Crippen LogP) is 2.43. The molecule has 1 heterocycles. The van der Waals surface area contributed by atoms with Gasteiger partial charge in [0.25, 0.3) is 0 Å². The summed E-state index contributed by atoms with van der Waals surface area (Å²) >= 11 is 5.47. The van der Waals surface area contributed by atoms with E-state index >= 15 is 0 Å². The molecule has 0 bridgehead atoms. The Bertz CT molecular complexity index is 464. The molecule has 0 atom stereocenters. The third kappa shape index (κ3) is 3.16. The molecule has 0 aliphatic heterocycles. The lowest BCUT2D eigenvalue weighted by molar-refractivity contribution is -0.275. The number of hydrogen-bond donors (Lipinski definition) is 1. The van der Waals surface area contributed by atoms with Crippen molar-refractivity contribution in [1.82, 2.24) is 4.98 Å². The van der Waals surface area contributed by atoms with Gasteiger partial charge in [-0.3, -0.25) is 0 Å². The highest BCUT2D eigenvalue weighted by atomic mass is 35.5. The van der Waals surface area contributed by atoms with E-state index in [9.17, 15) is 18.0 Å². The van der Waals surface area contributed by atoms with Crippen LogP contribution in [-0.2, 0) is 5.88 Å². The van der Waals surface area contributed by atoms with Crippen LogP contribution in [0.15, 0.2) is 6.20 Å². The summed E-state index contributed by atoms with van der Waals surface area (Å²) < 4.78 is 45.0. The summed E-state index contributed by atoms with van der Waals surface area (Å²) in [7, 11) is 1.19. The number of halogens is 4. The van der Waals surface area contributed by atoms with Crippen LogP contribution in [0.2, 0.25) is 0 Å². The number of nitrogens with zero attached hydrogens (tertiary/aromatic N) is 1. The van der Waals surface area contributed by atoms with Crippen molar-refractivity contribution < 1.29 is 32.5 Å². The number of methoxy groups -OCH3 is 1. The van der Waals surface area contributed by atoms with Gasteiger partial charge in [0.15, 0.2) is 11.4 Å². The van der Waals surface area contributed by atoms with Gasteiger partial charge >= 0.3 is 12.3 Å². The maximum Gasteiger partial charge on any atom is 0.573 e. The number of carbonyl (C=O) groups is 1. The van der Waals surface area contributed by atoms with Gasteiger partial charge in [-0.2, -0.15) is 0 Å². The molecule has 0 amide bonds. The zero-order chi connectivity index (χ0) is 13.9. The topological polar surface area (TPSA) is 68.7 Å². The largest absolute Gasteiger partial charge is 0.573 e. The highest BCUT2D eigenvalue weighted by Gasteiger charge is 2.35. The maximum absolute atomic E-state index is 12.2. The number of rotatable bonds is 4. The van der Waals surface area contributed by atoms with Gasteiger partial charge in [-0.15, -0.1) is 24.8 Å². The van der Waals surface area contributed by atoms with Crippen LogP contribution in [0.1, 0.15) is 16.1 Å². The molecule has 1 N–H and O–H groups in total. The minimum Gasteiger partial charge on any atom is -0.495 e. The number of ether oxygens (including phenoxy) is 2. The molecule has 0 aromatic carbocycles. The Hall–Kier alpha value is -1.70. The van der Waals surface area contributed by atoms with Gasteiger partial charge in [0.1, 0.15) is 5.75 Å². The lowest BCUT2D eigenvalue weighted by atomic mass is 10.2. The lowest BCUT2D eigenvalue weighted by Gasteiger charge is -2.15. The molecule has 0 aliphatic carbocycles. The van der Waals surface area contributed by atoms with Gasteiger partial charge in [0.05, 0.1) is 24.8 Å². The van der Waals surface area contributed by atoms with E-state index in [1.165, 1.54) is 7.11 Å². The van der Waals surface area contributed by atoms with E-state index in [-0.39, 0.29) is 11.3 Å². The van der Waals surface area contributed by atoms with Crippen LogP contribution in [0.25, 0.3) is 0 Å². The van der Waals surface area contributed by atoms with E-state index < -0.39 is 29.7 Å². The molecule has 1 aromatic rings. The highest BCUT2D eigenvalue weighted by Crippen LogP contribution is 2.35. The van der Waals surface area contributed by atoms with Crippen LogP contribution in [0, 0.1) is 0 Å². The molecule has 1 rings (SSSR count). The Labute approximate surface area is 104 Å². The predicted molar refractivity (Wildman–Crippen MR) is 54.0 cm³/mol. The molecule has 5 nitrogen and oxygen atoms in total. The molecule has 100 valence electrons. The monoisotopic (exact) mass is 285 g/mol. The molecule has 0 saturated heterocycles. The summed E-state index contributed by atoms with van der Waals surface area (Å²) in [6, 6.07) is 0. The molecule has 9 heteroatoms. The first-order valence-electron chi connectivity index (χ1n) is 4.41. The summed E-state index contributed by atoms with van der Waals surface area (Å²) in [6.45, 7) is 0. The molecule has 1 aromatic heterocycles. The second kappa shape index (κ2) is 5.30. The Morgan fingerprint density at radius 3 is 2.56 bits per heavy atom. The van der Waals surface area contributed by atoms with E-state index in [0.29, 0.717) is 0 Å². The van der Waals surface area contributed by atoms with E-state index in [0.717, 1.165) is 6.20 Å². The Balaban J connectivity index is 3.43. The molecule has 0 radical (unpaired) electrons. The fourth-order valence-electron chi connectivity index (χ4n) is 1.19. The molecule has 0 saturated carbocycles. The van der Waals surface area contributed by atoms with Gasteiger partial charge in [0, 0.05) is 0 Å². The third-order valence-electron chi connectivity index (χ3n) is 1.87. The van der Waals surface area contributed by atoms with Crippen LogP contribution in [0.4, 0.5) is 13.2 Å². The summed E-state index contributed by atoms with van der Waals surface area (Å²) in [5.74, 6) is -3.14. The lowest BCUT2D eigenvalue weighted by Crippen LogP contribution is -2.21. The van der Waals surface area contributed by atoms with Gasteiger partial charge in [0.2, 0.25) is 0 Å². The number of alkyl halides is 4. The van der Waals surface area contributed by atoms with Gasteiger partial charge < -0.3 is 14.6 Å². The van der Waals surface area contributed by atoms with Crippen molar-refractivity contribution in [1.29, 1.82) is 0 Å². The second-order valence-electron chi connectivity index (χ2n) is 2.97. The fraction of sp³-hybridized carbons (Fsp3) is 0.333. The molecular formula is C9H7ClF3NO4. The molecule has 0 fully saturated rings. The normalized spacial score (nSPS) is 11.2. The first kappa shape index (κ1) is 14.4. The molecule has 18 heavy (non-hydrogen) atoms. The highest BCUT2D eigenvalue weighted by molar-refractivity contribution is 6.17. The average molecular weight is 286 g/mol. The standard InChI is InChI=1S/C9H7ClF3NO4/c1-17-5-3-14-6(8(15)16)7(4(5)2-10)18-9(11,12)13/h3H,2H2,1H3,(H,15,16). The Morgan fingerprint density at radius 2 is 2.17 bits per heavy atom. The third-order valence-corrected chi connectivity index (χ3v) is 2.14. The van der Waals surface area contributed by atoms with Crippen LogP contribution in [0.5, 0.6) is 11.5 Å². The molecule has 0 spiro atoms. The number of hydrogen-bond acceptors (Lipinski definition) is 4. The van der Waals surface area contributed by atoms with Gasteiger partial charge in [-0.25, -0.2) is 9.78 Å². The Kier molecular flexibility index (Phi) is 4.23. The quantitative estimate of drug-likeness (QED) is 0.861. The van der Waals surface area contributed by atoms with Gasteiger partial charge in [-0.05, 0) is 0 Å². The van der Waals surface area contributed by atoms with Crippen LogP contribution >= 0.6 is 11.6 Å². The smallest absolute Gasteiger partial charge is 0.495 e. The average Bonchev–Trinajstić information content (AvgIpc) is 2.25. The van der Waals surface area contributed by atoms with E-state index in [1.807, 2.05) is 0 Å². The van der Waals surface area contributed by atoms with Gasteiger partial charge in [-0.1, -0.05) is 0 Å². The zero-order valence-corrected chi connectivity index (χ0v) is 9.67. The number of aromatic carboxylic acids is 1. The van der Waals surface area contributed by atoms with Crippen LogP contribution < -0.4 is 9.47 Å². The SMILES string of the molecule is COc1cnc(C(=O)O)c(OC(F)(F)F)c1CCl. The maximum atomic E-state index is 12.2. The van der Waals surface area contributed by atoms with Crippen molar-refractivity contribution in [2.45, 2.75) is 12.2 Å². The van der Waals surface area contributed by atoms with E-state index in [4.69, 9.17) is 21.4 Å². The number of pyridine rings is 1. The minimum absolute atomic E-state index is 0.0887. The summed E-state index contributed by atoms with van der Waals surface area (Å²) in [5.41, 5.74) is -1.12. The van der Waals surface area contributed by atoms with Crippen molar-refractivity contribution in [2.75, 3.05) is 7.11 Å². The molecule has 0 aliphatic rings. The van der Waals surface area contributed by atoms with Crippen molar-refractivity contribution in [3.8, 4) is 11.5 Å². The van der Waals surface area contributed by atoms with Crippen LogP contribution in [0.3, 0.4) is 0 Å². The number of aromatic nitrogens is 1.